The molecule has 1 amide bonds. The summed E-state index contributed by atoms with van der Waals surface area (Å²) in [5.41, 5.74) is 2.08. The maximum Gasteiger partial charge on any atom is 0.261 e. The average molecular weight is 270 g/mol. The Bertz CT molecular complexity index is 415. The average Bonchev–Trinajstić information content (AvgIpc) is 2.81. The highest BCUT2D eigenvalue weighted by Gasteiger charge is 2.25. The molecule has 0 saturated heterocycles. The Morgan fingerprint density at radius 1 is 1.47 bits per heavy atom. The van der Waals surface area contributed by atoms with Crippen LogP contribution in [0.5, 0.6) is 0 Å². The van der Waals surface area contributed by atoms with E-state index >= 15 is 0 Å². The van der Waals surface area contributed by atoms with Crippen LogP contribution in [0.15, 0.2) is 24.3 Å². The number of nitrogens with one attached hydrogen (secondary N) is 2. The molecular formula is C13H16F2N2O2. The van der Waals surface area contributed by atoms with Crippen LogP contribution < -0.4 is 10.6 Å². The molecule has 0 saturated carbocycles. The molecule has 1 aromatic carbocycles. The Kier molecular flexibility index (Phi) is 4.68. The van der Waals surface area contributed by atoms with Crippen LogP contribution in [0.2, 0.25) is 0 Å². The summed E-state index contributed by atoms with van der Waals surface area (Å²) in [6.45, 7) is -0.265. The van der Waals surface area contributed by atoms with Crippen molar-refractivity contribution in [1.82, 2.24) is 5.32 Å². The number of fused-ring (bicyclic) bond motifs is 1. The summed E-state index contributed by atoms with van der Waals surface area (Å²) in [4.78, 5) is 11.8. The number of benzene rings is 1. The Morgan fingerprint density at radius 2 is 2.26 bits per heavy atom. The van der Waals surface area contributed by atoms with Gasteiger partial charge in [-0.15, -0.1) is 0 Å². The minimum absolute atomic E-state index is 0.0930. The van der Waals surface area contributed by atoms with Gasteiger partial charge in [0.2, 0.25) is 5.91 Å². The van der Waals surface area contributed by atoms with Crippen LogP contribution in [-0.4, -0.2) is 38.1 Å². The van der Waals surface area contributed by atoms with Crippen molar-refractivity contribution in [2.45, 2.75) is 18.9 Å². The van der Waals surface area contributed by atoms with Gasteiger partial charge >= 0.3 is 0 Å². The van der Waals surface area contributed by atoms with Crippen LogP contribution in [0.3, 0.4) is 0 Å². The first kappa shape index (κ1) is 13.7. The Balaban J connectivity index is 1.68. The maximum absolute atomic E-state index is 11.8. The van der Waals surface area contributed by atoms with E-state index < -0.39 is 13.0 Å². The van der Waals surface area contributed by atoms with Gasteiger partial charge < -0.3 is 15.4 Å². The molecule has 4 nitrogen and oxygen atoms in total. The van der Waals surface area contributed by atoms with Gasteiger partial charge in [0.1, 0.15) is 12.6 Å². The van der Waals surface area contributed by atoms with Gasteiger partial charge in [-0.3, -0.25) is 4.79 Å². The fraction of sp³-hybridized carbons (Fsp3) is 0.462. The summed E-state index contributed by atoms with van der Waals surface area (Å²) < 4.78 is 28.3. The van der Waals surface area contributed by atoms with Crippen molar-refractivity contribution < 1.29 is 18.3 Å². The molecule has 1 heterocycles. The number of carbonyl (C=O) groups excluding carboxylic acids is 1. The van der Waals surface area contributed by atoms with Crippen molar-refractivity contribution in [3.8, 4) is 0 Å². The van der Waals surface area contributed by atoms with Gasteiger partial charge in [-0.1, -0.05) is 18.2 Å². The zero-order chi connectivity index (χ0) is 13.7. The maximum atomic E-state index is 11.8. The molecule has 0 bridgehead atoms. The molecule has 0 aromatic heterocycles. The van der Waals surface area contributed by atoms with Gasteiger partial charge in [0.15, 0.2) is 0 Å². The highest BCUT2D eigenvalue weighted by Crippen LogP contribution is 2.24. The van der Waals surface area contributed by atoms with E-state index in [4.69, 9.17) is 0 Å². The topological polar surface area (TPSA) is 50.4 Å². The van der Waals surface area contributed by atoms with E-state index in [-0.39, 0.29) is 25.1 Å². The van der Waals surface area contributed by atoms with E-state index in [1.54, 1.807) is 0 Å². The summed E-state index contributed by atoms with van der Waals surface area (Å²) in [5.74, 6) is -0.142. The Hall–Kier alpha value is -1.69. The smallest absolute Gasteiger partial charge is 0.261 e. The van der Waals surface area contributed by atoms with E-state index in [1.807, 2.05) is 24.3 Å². The lowest BCUT2D eigenvalue weighted by molar-refractivity contribution is -0.122. The molecule has 1 unspecified atom stereocenters. The number of halogens is 2. The highest BCUT2D eigenvalue weighted by molar-refractivity contribution is 5.87. The summed E-state index contributed by atoms with van der Waals surface area (Å²) in [5, 5.41) is 5.78. The lowest BCUT2D eigenvalue weighted by Gasteiger charge is -2.12. The van der Waals surface area contributed by atoms with Gasteiger partial charge in [0, 0.05) is 18.7 Å². The second-order valence-electron chi connectivity index (χ2n) is 4.32. The first-order valence-electron chi connectivity index (χ1n) is 6.15. The van der Waals surface area contributed by atoms with Crippen LogP contribution in [-0.2, 0) is 16.0 Å². The molecule has 1 aromatic rings. The fourth-order valence-electron chi connectivity index (χ4n) is 2.00. The van der Waals surface area contributed by atoms with Crippen molar-refractivity contribution in [2.75, 3.05) is 25.1 Å². The van der Waals surface area contributed by atoms with E-state index in [0.717, 1.165) is 11.3 Å². The third-order valence-electron chi connectivity index (χ3n) is 2.88. The quantitative estimate of drug-likeness (QED) is 0.769. The van der Waals surface area contributed by atoms with Crippen LogP contribution in [0.4, 0.5) is 14.5 Å². The minimum Gasteiger partial charge on any atom is -0.374 e. The van der Waals surface area contributed by atoms with Crippen molar-refractivity contribution in [1.29, 1.82) is 0 Å². The first-order chi connectivity index (χ1) is 9.16. The third-order valence-corrected chi connectivity index (χ3v) is 2.88. The van der Waals surface area contributed by atoms with Gasteiger partial charge in [0.05, 0.1) is 6.61 Å². The van der Waals surface area contributed by atoms with Crippen molar-refractivity contribution in [3.05, 3.63) is 29.8 Å². The van der Waals surface area contributed by atoms with E-state index in [2.05, 4.69) is 15.4 Å². The highest BCUT2D eigenvalue weighted by atomic mass is 19.3. The normalized spacial score (nSPS) is 17.1. The number of para-hydroxylation sites is 1. The number of anilines is 1. The first-order valence-corrected chi connectivity index (χ1v) is 6.15. The molecule has 0 spiro atoms. The Labute approximate surface area is 110 Å². The predicted octanol–water partition coefficient (Wildman–Crippen LogP) is 1.42. The number of amides is 1. The lowest BCUT2D eigenvalue weighted by Crippen LogP contribution is -2.40. The number of ether oxygens (including phenoxy) is 1. The molecule has 0 fully saturated rings. The Morgan fingerprint density at radius 3 is 3.00 bits per heavy atom. The molecule has 0 radical (unpaired) electrons. The molecule has 2 rings (SSSR count). The summed E-state index contributed by atoms with van der Waals surface area (Å²) in [6.07, 6.45) is -1.83. The van der Waals surface area contributed by atoms with E-state index in [9.17, 15) is 13.6 Å². The van der Waals surface area contributed by atoms with Crippen LogP contribution in [0.25, 0.3) is 0 Å². The largest absolute Gasteiger partial charge is 0.374 e. The number of hydrogen-bond donors (Lipinski definition) is 2. The van der Waals surface area contributed by atoms with Crippen LogP contribution in [0, 0.1) is 0 Å². The molecule has 1 aliphatic rings. The number of hydrogen-bond acceptors (Lipinski definition) is 3. The lowest BCUT2D eigenvalue weighted by atomic mass is 10.1. The third kappa shape index (κ3) is 3.89. The van der Waals surface area contributed by atoms with Crippen molar-refractivity contribution in [2.24, 2.45) is 0 Å². The van der Waals surface area contributed by atoms with Gasteiger partial charge in [-0.2, -0.15) is 0 Å². The van der Waals surface area contributed by atoms with Crippen LogP contribution in [0.1, 0.15) is 5.56 Å². The molecule has 19 heavy (non-hydrogen) atoms. The molecular weight excluding hydrogens is 254 g/mol. The number of alkyl halides is 2. The number of rotatable bonds is 6. The molecule has 1 aliphatic heterocycles. The second-order valence-corrected chi connectivity index (χ2v) is 4.32. The summed E-state index contributed by atoms with van der Waals surface area (Å²) >= 11 is 0. The number of carbonyl (C=O) groups is 1. The van der Waals surface area contributed by atoms with Gasteiger partial charge in [-0.05, 0) is 11.6 Å². The minimum atomic E-state index is -2.47. The van der Waals surface area contributed by atoms with E-state index in [1.165, 1.54) is 0 Å². The predicted molar refractivity (Wildman–Crippen MR) is 67.4 cm³/mol. The van der Waals surface area contributed by atoms with Crippen LogP contribution >= 0.6 is 0 Å². The molecule has 6 heteroatoms. The van der Waals surface area contributed by atoms with Gasteiger partial charge in [-0.25, -0.2) is 8.78 Å². The molecule has 1 atom stereocenters. The molecule has 0 aliphatic carbocycles. The standard InChI is InChI=1S/C13H16F2N2O2/c14-12(15)8-19-6-5-16-13(18)11-7-9-3-1-2-4-10(9)17-11/h1-4,11-12,17H,5-8H2,(H,16,18). The molecule has 104 valence electrons. The fourth-order valence-corrected chi connectivity index (χ4v) is 2.00. The van der Waals surface area contributed by atoms with Crippen molar-refractivity contribution in [3.63, 3.8) is 0 Å². The molecule has 2 N–H and O–H groups in total. The SMILES string of the molecule is O=C(NCCOCC(F)F)C1Cc2ccccc2N1. The zero-order valence-electron chi connectivity index (χ0n) is 10.4. The van der Waals surface area contributed by atoms with Crippen molar-refractivity contribution >= 4 is 11.6 Å². The van der Waals surface area contributed by atoms with E-state index in [0.29, 0.717) is 6.42 Å². The second kappa shape index (κ2) is 6.47. The summed E-state index contributed by atoms with van der Waals surface area (Å²) in [7, 11) is 0. The monoisotopic (exact) mass is 270 g/mol. The van der Waals surface area contributed by atoms with Gasteiger partial charge in [0.25, 0.3) is 6.43 Å². The summed E-state index contributed by atoms with van der Waals surface area (Å²) in [6, 6.07) is 7.44. The zero-order valence-corrected chi connectivity index (χ0v) is 10.4.